The minimum Gasteiger partial charge on any atom is -0.508 e. The molecule has 19 heavy (non-hydrogen) atoms. The number of aliphatic carboxylic acids is 1. The number of rotatable bonds is 6. The fourth-order valence-corrected chi connectivity index (χ4v) is 2.37. The Morgan fingerprint density at radius 2 is 2.05 bits per heavy atom. The second-order valence-corrected chi connectivity index (χ2v) is 5.14. The van der Waals surface area contributed by atoms with Crippen molar-refractivity contribution in [2.24, 2.45) is 11.3 Å². The fourth-order valence-electron chi connectivity index (χ4n) is 2.37. The Morgan fingerprint density at radius 1 is 1.42 bits per heavy atom. The van der Waals surface area contributed by atoms with Crippen molar-refractivity contribution in [3.05, 3.63) is 23.8 Å². The molecule has 1 unspecified atom stereocenters. The van der Waals surface area contributed by atoms with Crippen molar-refractivity contribution in [3.63, 3.8) is 0 Å². The maximum atomic E-state index is 11.6. The van der Waals surface area contributed by atoms with Gasteiger partial charge in [0.15, 0.2) is 0 Å². The van der Waals surface area contributed by atoms with Crippen LogP contribution in [0, 0.1) is 11.3 Å². The summed E-state index contributed by atoms with van der Waals surface area (Å²) in [5.41, 5.74) is -0.217. The summed E-state index contributed by atoms with van der Waals surface area (Å²) in [4.78, 5) is 11.6. The highest BCUT2D eigenvalue weighted by molar-refractivity contribution is 5.75. The van der Waals surface area contributed by atoms with Gasteiger partial charge in [0.1, 0.15) is 11.5 Å². The molecular weight excluding hydrogens is 244 g/mol. The van der Waals surface area contributed by atoms with Crippen LogP contribution < -0.4 is 4.74 Å². The summed E-state index contributed by atoms with van der Waals surface area (Å²) in [7, 11) is 1.52. The van der Waals surface area contributed by atoms with E-state index in [9.17, 15) is 15.0 Å². The third-order valence-electron chi connectivity index (χ3n) is 3.96. The molecule has 1 atom stereocenters. The number of phenols is 1. The van der Waals surface area contributed by atoms with Gasteiger partial charge in [-0.15, -0.1) is 0 Å². The predicted octanol–water partition coefficient (Wildman–Crippen LogP) is 3.08. The maximum absolute atomic E-state index is 11.6. The first kappa shape index (κ1) is 15.3. The van der Waals surface area contributed by atoms with Gasteiger partial charge in [0.05, 0.1) is 12.5 Å². The molecule has 1 aromatic rings. The van der Waals surface area contributed by atoms with Gasteiger partial charge in [-0.3, -0.25) is 4.79 Å². The molecule has 0 radical (unpaired) electrons. The third-order valence-corrected chi connectivity index (χ3v) is 3.96. The van der Waals surface area contributed by atoms with E-state index in [4.69, 9.17) is 4.74 Å². The second kappa shape index (κ2) is 5.95. The van der Waals surface area contributed by atoms with E-state index in [2.05, 4.69) is 0 Å². The number of benzene rings is 1. The summed E-state index contributed by atoms with van der Waals surface area (Å²) < 4.78 is 5.03. The van der Waals surface area contributed by atoms with E-state index in [-0.39, 0.29) is 11.7 Å². The molecule has 106 valence electrons. The highest BCUT2D eigenvalue weighted by atomic mass is 16.5. The van der Waals surface area contributed by atoms with Crippen molar-refractivity contribution in [1.29, 1.82) is 0 Å². The molecule has 0 saturated carbocycles. The quantitative estimate of drug-likeness (QED) is 0.830. The Hall–Kier alpha value is -1.71. The van der Waals surface area contributed by atoms with E-state index in [1.54, 1.807) is 12.1 Å². The van der Waals surface area contributed by atoms with Crippen LogP contribution in [-0.2, 0) is 11.2 Å². The number of carboxylic acid groups (broad SMARTS) is 1. The number of phenolic OH excluding ortho intramolecular Hbond substituents is 1. The Bertz CT molecular complexity index is 453. The van der Waals surface area contributed by atoms with Crippen molar-refractivity contribution >= 4 is 5.97 Å². The topological polar surface area (TPSA) is 66.8 Å². The van der Waals surface area contributed by atoms with Crippen molar-refractivity contribution in [3.8, 4) is 11.5 Å². The molecule has 0 saturated heterocycles. The van der Waals surface area contributed by atoms with Crippen LogP contribution in [0.25, 0.3) is 0 Å². The van der Waals surface area contributed by atoms with Crippen molar-refractivity contribution < 1.29 is 19.7 Å². The Labute approximate surface area is 114 Å². The lowest BCUT2D eigenvalue weighted by atomic mass is 9.70. The summed E-state index contributed by atoms with van der Waals surface area (Å²) in [6.45, 7) is 5.67. The normalized spacial score (nSPS) is 14.2. The van der Waals surface area contributed by atoms with E-state index in [1.165, 1.54) is 13.2 Å². The SMILES string of the molecule is CCC(Cc1ccc(OC)cc1O)(C(=O)O)C(C)C. The average Bonchev–Trinajstić information content (AvgIpc) is 2.36. The number of carboxylic acids is 1. The molecule has 4 nitrogen and oxygen atoms in total. The van der Waals surface area contributed by atoms with E-state index in [1.807, 2.05) is 20.8 Å². The van der Waals surface area contributed by atoms with Crippen molar-refractivity contribution in [2.75, 3.05) is 7.11 Å². The molecule has 0 heterocycles. The van der Waals surface area contributed by atoms with Gasteiger partial charge in [0.2, 0.25) is 0 Å². The molecule has 0 aliphatic carbocycles. The predicted molar refractivity (Wildman–Crippen MR) is 73.6 cm³/mol. The minimum absolute atomic E-state index is 0.0171. The Kier molecular flexibility index (Phi) is 4.81. The molecular formula is C15H22O4. The van der Waals surface area contributed by atoms with Gasteiger partial charge in [-0.05, 0) is 30.4 Å². The Balaban J connectivity index is 3.13. The molecule has 2 N–H and O–H groups in total. The van der Waals surface area contributed by atoms with Crippen LogP contribution >= 0.6 is 0 Å². The van der Waals surface area contributed by atoms with Gasteiger partial charge < -0.3 is 14.9 Å². The first-order valence-corrected chi connectivity index (χ1v) is 6.46. The first-order valence-electron chi connectivity index (χ1n) is 6.46. The number of methoxy groups -OCH3 is 1. The number of hydrogen-bond donors (Lipinski definition) is 2. The van der Waals surface area contributed by atoms with Crippen molar-refractivity contribution in [2.45, 2.75) is 33.6 Å². The summed E-state index contributed by atoms with van der Waals surface area (Å²) >= 11 is 0. The second-order valence-electron chi connectivity index (χ2n) is 5.14. The smallest absolute Gasteiger partial charge is 0.310 e. The van der Waals surface area contributed by atoms with Gasteiger partial charge in [0.25, 0.3) is 0 Å². The van der Waals surface area contributed by atoms with Gasteiger partial charge in [-0.2, -0.15) is 0 Å². The number of hydrogen-bond acceptors (Lipinski definition) is 3. The highest BCUT2D eigenvalue weighted by Crippen LogP contribution is 2.38. The van der Waals surface area contributed by atoms with Gasteiger partial charge in [0, 0.05) is 6.07 Å². The molecule has 0 spiro atoms. The lowest BCUT2D eigenvalue weighted by Crippen LogP contribution is -2.38. The molecule has 0 aliphatic heterocycles. The summed E-state index contributed by atoms with van der Waals surface area (Å²) in [5, 5.41) is 19.5. The molecule has 1 rings (SSSR count). The summed E-state index contributed by atoms with van der Waals surface area (Å²) in [6.07, 6.45) is 0.831. The molecule has 1 aromatic carbocycles. The van der Waals surface area contributed by atoms with Gasteiger partial charge >= 0.3 is 5.97 Å². The van der Waals surface area contributed by atoms with Crippen LogP contribution in [0.1, 0.15) is 32.8 Å². The molecule has 4 heteroatoms. The molecule has 0 bridgehead atoms. The summed E-state index contributed by atoms with van der Waals surface area (Å²) in [6, 6.07) is 4.97. The number of carbonyl (C=O) groups is 1. The average molecular weight is 266 g/mol. The molecule has 0 amide bonds. The first-order chi connectivity index (χ1) is 8.87. The van der Waals surface area contributed by atoms with Crippen LogP contribution in [0.4, 0.5) is 0 Å². The van der Waals surface area contributed by atoms with E-state index >= 15 is 0 Å². The van der Waals surface area contributed by atoms with Crippen LogP contribution in [0.3, 0.4) is 0 Å². The van der Waals surface area contributed by atoms with Gasteiger partial charge in [-0.1, -0.05) is 26.8 Å². The minimum atomic E-state index is -0.855. The van der Waals surface area contributed by atoms with Crippen LogP contribution in [0.5, 0.6) is 11.5 Å². The van der Waals surface area contributed by atoms with Crippen molar-refractivity contribution in [1.82, 2.24) is 0 Å². The monoisotopic (exact) mass is 266 g/mol. The number of aromatic hydroxyl groups is 1. The number of ether oxygens (including phenoxy) is 1. The lowest BCUT2D eigenvalue weighted by Gasteiger charge is -2.32. The third kappa shape index (κ3) is 3.00. The zero-order valence-corrected chi connectivity index (χ0v) is 11.9. The Morgan fingerprint density at radius 3 is 2.42 bits per heavy atom. The highest BCUT2D eigenvalue weighted by Gasteiger charge is 2.40. The fraction of sp³-hybridized carbons (Fsp3) is 0.533. The molecule has 0 aliphatic rings. The van der Waals surface area contributed by atoms with E-state index < -0.39 is 11.4 Å². The standard InChI is InChI=1S/C15H22O4/c1-5-15(10(2)3,14(17)18)9-11-6-7-12(19-4)8-13(11)16/h6-8,10,16H,5,9H2,1-4H3,(H,17,18). The summed E-state index contributed by atoms with van der Waals surface area (Å²) in [5.74, 6) is -0.195. The van der Waals surface area contributed by atoms with Crippen LogP contribution in [0.15, 0.2) is 18.2 Å². The van der Waals surface area contributed by atoms with Crippen LogP contribution in [-0.4, -0.2) is 23.3 Å². The largest absolute Gasteiger partial charge is 0.508 e. The molecule has 0 aromatic heterocycles. The van der Waals surface area contributed by atoms with Crippen LogP contribution in [0.2, 0.25) is 0 Å². The maximum Gasteiger partial charge on any atom is 0.310 e. The molecule has 0 fully saturated rings. The van der Waals surface area contributed by atoms with E-state index in [0.717, 1.165) is 0 Å². The lowest BCUT2D eigenvalue weighted by molar-refractivity contribution is -0.152. The zero-order valence-electron chi connectivity index (χ0n) is 11.9. The van der Waals surface area contributed by atoms with E-state index in [0.29, 0.717) is 24.2 Å². The van der Waals surface area contributed by atoms with Gasteiger partial charge in [-0.25, -0.2) is 0 Å². The zero-order chi connectivity index (χ0) is 14.6.